The van der Waals surface area contributed by atoms with Gasteiger partial charge in [-0.25, -0.2) is 4.79 Å². The lowest BCUT2D eigenvalue weighted by atomic mass is 10.0. The summed E-state index contributed by atoms with van der Waals surface area (Å²) in [5, 5.41) is 11.8. The summed E-state index contributed by atoms with van der Waals surface area (Å²) in [5.41, 5.74) is 1.04. The Hall–Kier alpha value is -2.37. The zero-order valence-electron chi connectivity index (χ0n) is 13.6. The van der Waals surface area contributed by atoms with Crippen molar-refractivity contribution < 1.29 is 19.5 Å². The van der Waals surface area contributed by atoms with Gasteiger partial charge in [0, 0.05) is 19.0 Å². The zero-order chi connectivity index (χ0) is 17.1. The van der Waals surface area contributed by atoms with Crippen molar-refractivity contribution in [2.45, 2.75) is 39.3 Å². The number of hydrogen-bond donors (Lipinski definition) is 2. The summed E-state index contributed by atoms with van der Waals surface area (Å²) in [7, 11) is 0. The normalized spacial score (nSPS) is 19.0. The number of nitrogens with one attached hydrogen (secondary N) is 1. The van der Waals surface area contributed by atoms with Crippen LogP contribution in [0.4, 0.5) is 0 Å². The van der Waals surface area contributed by atoms with E-state index >= 15 is 0 Å². The molecule has 1 fully saturated rings. The van der Waals surface area contributed by atoms with E-state index in [0.29, 0.717) is 6.54 Å². The Labute approximate surface area is 135 Å². The fourth-order valence-corrected chi connectivity index (χ4v) is 2.74. The highest BCUT2D eigenvalue weighted by molar-refractivity contribution is 5.89. The number of carbonyl (C=O) groups excluding carboxylic acids is 2. The smallest absolute Gasteiger partial charge is 0.335 e. The minimum atomic E-state index is -0.980. The van der Waals surface area contributed by atoms with Gasteiger partial charge in [0.2, 0.25) is 11.8 Å². The topological polar surface area (TPSA) is 86.7 Å². The number of nitrogens with zero attached hydrogens (tertiary/aromatic N) is 1. The minimum Gasteiger partial charge on any atom is -0.478 e. The number of carboxylic acids is 1. The molecule has 2 unspecified atom stereocenters. The highest BCUT2D eigenvalue weighted by atomic mass is 16.4. The fourth-order valence-electron chi connectivity index (χ4n) is 2.74. The van der Waals surface area contributed by atoms with Gasteiger partial charge in [0.1, 0.15) is 0 Å². The molecule has 124 valence electrons. The molecule has 2 amide bonds. The van der Waals surface area contributed by atoms with Gasteiger partial charge in [-0.2, -0.15) is 0 Å². The molecule has 0 spiro atoms. The molecule has 23 heavy (non-hydrogen) atoms. The van der Waals surface area contributed by atoms with Crippen molar-refractivity contribution in [3.05, 3.63) is 35.4 Å². The van der Waals surface area contributed by atoms with Crippen LogP contribution < -0.4 is 5.32 Å². The molecule has 2 rings (SSSR count). The van der Waals surface area contributed by atoms with Crippen molar-refractivity contribution in [2.75, 3.05) is 6.54 Å². The molecule has 0 bridgehead atoms. The molecule has 0 aliphatic carbocycles. The van der Waals surface area contributed by atoms with Gasteiger partial charge < -0.3 is 15.3 Å². The Morgan fingerprint density at radius 1 is 1.22 bits per heavy atom. The SMILES string of the molecule is CC(NC(=O)C1CC(=O)N(C(C)C)C1)c1ccc(C(=O)O)cc1. The van der Waals surface area contributed by atoms with Crippen LogP contribution in [0.1, 0.15) is 49.2 Å². The van der Waals surface area contributed by atoms with E-state index in [1.807, 2.05) is 20.8 Å². The number of benzene rings is 1. The third kappa shape index (κ3) is 3.88. The third-order valence-electron chi connectivity index (χ3n) is 4.17. The predicted molar refractivity (Wildman–Crippen MR) is 84.9 cm³/mol. The van der Waals surface area contributed by atoms with Crippen LogP contribution in [0.15, 0.2) is 24.3 Å². The summed E-state index contributed by atoms with van der Waals surface area (Å²) in [4.78, 5) is 36.8. The van der Waals surface area contributed by atoms with E-state index in [-0.39, 0.29) is 41.8 Å². The number of carboxylic acid groups (broad SMARTS) is 1. The zero-order valence-corrected chi connectivity index (χ0v) is 13.6. The van der Waals surface area contributed by atoms with Crippen LogP contribution in [0.3, 0.4) is 0 Å². The molecule has 0 aromatic heterocycles. The monoisotopic (exact) mass is 318 g/mol. The molecule has 2 atom stereocenters. The Morgan fingerprint density at radius 2 is 1.83 bits per heavy atom. The van der Waals surface area contributed by atoms with E-state index in [1.54, 1.807) is 17.0 Å². The highest BCUT2D eigenvalue weighted by Crippen LogP contribution is 2.22. The maximum atomic E-state index is 12.3. The molecule has 1 saturated heterocycles. The average molecular weight is 318 g/mol. The van der Waals surface area contributed by atoms with Crippen LogP contribution in [-0.4, -0.2) is 40.4 Å². The molecular weight excluding hydrogens is 296 g/mol. The minimum absolute atomic E-state index is 0.0126. The number of amides is 2. The molecule has 0 saturated carbocycles. The second-order valence-electron chi connectivity index (χ2n) is 6.20. The summed E-state index contributed by atoms with van der Waals surface area (Å²) in [6.45, 7) is 6.16. The number of aromatic carboxylic acids is 1. The standard InChI is InChI=1S/C17H22N2O4/c1-10(2)19-9-14(8-15(19)20)16(21)18-11(3)12-4-6-13(7-5-12)17(22)23/h4-7,10-11,14H,8-9H2,1-3H3,(H,18,21)(H,22,23). The molecule has 6 nitrogen and oxygen atoms in total. The predicted octanol–water partition coefficient (Wildman–Crippen LogP) is 1.82. The Balaban J connectivity index is 1.97. The van der Waals surface area contributed by atoms with E-state index < -0.39 is 5.97 Å². The molecule has 1 aliphatic rings. The summed E-state index contributed by atoms with van der Waals surface area (Å²) in [6, 6.07) is 6.26. The van der Waals surface area contributed by atoms with Crippen LogP contribution >= 0.6 is 0 Å². The quantitative estimate of drug-likeness (QED) is 0.867. The first-order valence-electron chi connectivity index (χ1n) is 7.72. The summed E-state index contributed by atoms with van der Waals surface area (Å²) in [6.07, 6.45) is 0.245. The van der Waals surface area contributed by atoms with Crippen LogP contribution in [0.5, 0.6) is 0 Å². The molecule has 1 aliphatic heterocycles. The Morgan fingerprint density at radius 3 is 2.30 bits per heavy atom. The van der Waals surface area contributed by atoms with Crippen molar-refractivity contribution in [1.82, 2.24) is 10.2 Å². The maximum absolute atomic E-state index is 12.3. The van der Waals surface area contributed by atoms with Gasteiger partial charge in [-0.05, 0) is 38.5 Å². The molecular formula is C17H22N2O4. The average Bonchev–Trinajstić information content (AvgIpc) is 2.89. The highest BCUT2D eigenvalue weighted by Gasteiger charge is 2.35. The van der Waals surface area contributed by atoms with E-state index in [9.17, 15) is 14.4 Å². The van der Waals surface area contributed by atoms with Gasteiger partial charge in [-0.3, -0.25) is 9.59 Å². The lowest BCUT2D eigenvalue weighted by molar-refractivity contribution is -0.130. The molecule has 1 heterocycles. The lowest BCUT2D eigenvalue weighted by Gasteiger charge is -2.21. The second-order valence-corrected chi connectivity index (χ2v) is 6.20. The summed E-state index contributed by atoms with van der Waals surface area (Å²) in [5.74, 6) is -1.44. The van der Waals surface area contributed by atoms with Crippen LogP contribution in [0, 0.1) is 5.92 Å². The van der Waals surface area contributed by atoms with Crippen molar-refractivity contribution >= 4 is 17.8 Å². The first kappa shape index (κ1) is 17.0. The summed E-state index contributed by atoms with van der Waals surface area (Å²) < 4.78 is 0. The number of likely N-dealkylation sites (tertiary alicyclic amines) is 1. The third-order valence-corrected chi connectivity index (χ3v) is 4.17. The second kappa shape index (κ2) is 6.81. The van der Waals surface area contributed by atoms with Crippen LogP contribution in [0.2, 0.25) is 0 Å². The van der Waals surface area contributed by atoms with E-state index in [0.717, 1.165) is 5.56 Å². The van der Waals surface area contributed by atoms with E-state index in [4.69, 9.17) is 5.11 Å². The van der Waals surface area contributed by atoms with Crippen molar-refractivity contribution in [3.8, 4) is 0 Å². The Kier molecular flexibility index (Phi) is 5.03. The molecule has 2 N–H and O–H groups in total. The molecule has 6 heteroatoms. The molecule has 1 aromatic carbocycles. The van der Waals surface area contributed by atoms with E-state index in [2.05, 4.69) is 5.32 Å². The van der Waals surface area contributed by atoms with Crippen LogP contribution in [-0.2, 0) is 9.59 Å². The van der Waals surface area contributed by atoms with Gasteiger partial charge >= 0.3 is 5.97 Å². The number of carbonyl (C=O) groups is 3. The van der Waals surface area contributed by atoms with Crippen molar-refractivity contribution in [3.63, 3.8) is 0 Å². The van der Waals surface area contributed by atoms with Gasteiger partial charge in [-0.1, -0.05) is 12.1 Å². The van der Waals surface area contributed by atoms with Crippen LogP contribution in [0.25, 0.3) is 0 Å². The van der Waals surface area contributed by atoms with Crippen molar-refractivity contribution in [1.29, 1.82) is 0 Å². The first-order chi connectivity index (χ1) is 10.8. The molecule has 1 aromatic rings. The van der Waals surface area contributed by atoms with Crippen molar-refractivity contribution in [2.24, 2.45) is 5.92 Å². The van der Waals surface area contributed by atoms with Gasteiger partial charge in [0.05, 0.1) is 17.5 Å². The van der Waals surface area contributed by atoms with E-state index in [1.165, 1.54) is 12.1 Å². The largest absolute Gasteiger partial charge is 0.478 e. The number of hydrogen-bond acceptors (Lipinski definition) is 3. The maximum Gasteiger partial charge on any atom is 0.335 e. The Bertz CT molecular complexity index is 610. The summed E-state index contributed by atoms with van der Waals surface area (Å²) >= 11 is 0. The fraction of sp³-hybridized carbons (Fsp3) is 0.471. The van der Waals surface area contributed by atoms with Gasteiger partial charge in [0.25, 0.3) is 0 Å². The molecule has 0 radical (unpaired) electrons. The van der Waals surface area contributed by atoms with Gasteiger partial charge in [-0.15, -0.1) is 0 Å². The first-order valence-corrected chi connectivity index (χ1v) is 7.72. The number of rotatable bonds is 5. The lowest BCUT2D eigenvalue weighted by Crippen LogP contribution is -2.36. The van der Waals surface area contributed by atoms with Gasteiger partial charge in [0.15, 0.2) is 0 Å².